The summed E-state index contributed by atoms with van der Waals surface area (Å²) in [5.74, 6) is -2.60. The molecular weight excluding hydrogens is 889 g/mol. The van der Waals surface area contributed by atoms with Gasteiger partial charge in [-0.2, -0.15) is 0 Å². The van der Waals surface area contributed by atoms with Gasteiger partial charge in [-0.3, -0.25) is 29.0 Å². The second kappa shape index (κ2) is 25.9. The van der Waals surface area contributed by atoms with Crippen molar-refractivity contribution in [1.29, 1.82) is 0 Å². The Kier molecular flexibility index (Phi) is 20.1. The monoisotopic (exact) mass is 950 g/mol. The van der Waals surface area contributed by atoms with Crippen molar-refractivity contribution in [3.63, 3.8) is 0 Å². The minimum Gasteiger partial charge on any atom is -0.480 e. The number of likely N-dealkylation sites (tertiary alicyclic amines) is 1. The Hall–Kier alpha value is -5.64. The van der Waals surface area contributed by atoms with Crippen molar-refractivity contribution in [2.45, 2.75) is 108 Å². The molecule has 2 aliphatic heterocycles. The number of nitrogens with one attached hydrogen (secondary N) is 5. The first-order valence-corrected chi connectivity index (χ1v) is 24.1. The van der Waals surface area contributed by atoms with Crippen LogP contribution in [0.5, 0.6) is 0 Å². The van der Waals surface area contributed by atoms with Gasteiger partial charge in [-0.25, -0.2) is 14.6 Å². The quantitative estimate of drug-likeness (QED) is 0.0571. The number of anilines is 1. The Bertz CT molecular complexity index is 2190. The maximum Gasteiger partial charge on any atom is 0.408 e. The molecular formula is C45H62N10O9S2. The molecule has 0 aliphatic carbocycles. The molecule has 1 aromatic heterocycles. The molecule has 66 heavy (non-hydrogen) atoms. The van der Waals surface area contributed by atoms with Crippen molar-refractivity contribution in [3.05, 3.63) is 59.1 Å². The van der Waals surface area contributed by atoms with Gasteiger partial charge < -0.3 is 52.0 Å². The number of carboxylic acids is 1. The fourth-order valence-corrected chi connectivity index (χ4v) is 9.69. The number of hydrogen-bond donors (Lipinski definition) is 7. The van der Waals surface area contributed by atoms with Crippen LogP contribution in [0.1, 0.15) is 81.7 Å². The number of benzene rings is 2. The van der Waals surface area contributed by atoms with Crippen LogP contribution in [0.3, 0.4) is 0 Å². The van der Waals surface area contributed by atoms with Gasteiger partial charge in [0.2, 0.25) is 29.5 Å². The van der Waals surface area contributed by atoms with Crippen molar-refractivity contribution in [1.82, 2.24) is 36.1 Å². The summed E-state index contributed by atoms with van der Waals surface area (Å²) >= 11 is 2.71. The summed E-state index contributed by atoms with van der Waals surface area (Å²) < 4.78 is 6.15. The average molecular weight is 951 g/mol. The van der Waals surface area contributed by atoms with Crippen LogP contribution in [0.4, 0.5) is 10.5 Å². The maximum absolute atomic E-state index is 14.2. The van der Waals surface area contributed by atoms with Crippen LogP contribution in [0.15, 0.2) is 53.5 Å². The predicted molar refractivity (Wildman–Crippen MR) is 254 cm³/mol. The number of aromatic nitrogens is 1. The Balaban J connectivity index is 1.27. The van der Waals surface area contributed by atoms with Gasteiger partial charge in [-0.15, -0.1) is 23.1 Å². The van der Waals surface area contributed by atoms with Gasteiger partial charge in [-0.1, -0.05) is 36.8 Å². The first kappa shape index (κ1) is 51.3. The standard InChI is InChI=1S/C45H62N10O9S2/c1-28(56)47-21-9-7-15-33(39(58)49-30-17-18-32-37(24-30)66-42(51-32)41-52-35(27-65-41)44(61)62)48-25-31(14-8-10-22-54(2)3)50-40(59)36-16-11-23-55(36)43(60)34(19-20-38(46)57)53-45(63)64-26-29-12-5-4-6-13-29/h4-6,12-13,17-18,24,31,33-36,48H,7-11,14-16,19-23,25-27H2,1-3H3,(H2,46,57)(H,47,56)(H,49,58)(H,50,59)(H,53,63)(H,61,62). The molecule has 5 unspecified atom stereocenters. The molecule has 358 valence electrons. The molecule has 0 saturated carbocycles. The van der Waals surface area contributed by atoms with Crippen LogP contribution in [-0.2, 0) is 40.1 Å². The highest BCUT2D eigenvalue weighted by atomic mass is 32.2. The molecule has 1 saturated heterocycles. The highest BCUT2D eigenvalue weighted by Crippen LogP contribution is 2.31. The molecule has 8 N–H and O–H groups in total. The first-order chi connectivity index (χ1) is 31.7. The Morgan fingerprint density at radius 2 is 1.74 bits per heavy atom. The largest absolute Gasteiger partial charge is 0.480 e. The summed E-state index contributed by atoms with van der Waals surface area (Å²) in [6.07, 6.45) is 3.75. The number of thioether (sulfide) groups is 1. The van der Waals surface area contributed by atoms with E-state index in [1.807, 2.05) is 38.4 Å². The topological polar surface area (TPSA) is 267 Å². The second-order valence-corrected chi connectivity index (χ2v) is 18.7. The van der Waals surface area contributed by atoms with Gasteiger partial charge >= 0.3 is 12.1 Å². The van der Waals surface area contributed by atoms with Crippen molar-refractivity contribution in [3.8, 4) is 0 Å². The van der Waals surface area contributed by atoms with E-state index in [9.17, 15) is 38.7 Å². The van der Waals surface area contributed by atoms with E-state index in [4.69, 9.17) is 10.5 Å². The van der Waals surface area contributed by atoms with E-state index < -0.39 is 54.1 Å². The van der Waals surface area contributed by atoms with Crippen molar-refractivity contribution >= 4 is 85.6 Å². The minimum atomic E-state index is -1.16. The van der Waals surface area contributed by atoms with Gasteiger partial charge in [0.1, 0.15) is 28.7 Å². The smallest absolute Gasteiger partial charge is 0.408 e. The van der Waals surface area contributed by atoms with Crippen molar-refractivity contribution in [2.75, 3.05) is 51.3 Å². The summed E-state index contributed by atoms with van der Waals surface area (Å²) in [5.41, 5.74) is 7.41. The van der Waals surface area contributed by atoms with E-state index in [-0.39, 0.29) is 50.3 Å². The van der Waals surface area contributed by atoms with Gasteiger partial charge in [0.05, 0.1) is 16.3 Å². The van der Waals surface area contributed by atoms with E-state index in [0.29, 0.717) is 72.1 Å². The molecule has 0 spiro atoms. The average Bonchev–Trinajstić information content (AvgIpc) is 4.07. The molecule has 6 amide bonds. The lowest BCUT2D eigenvalue weighted by Gasteiger charge is -2.30. The van der Waals surface area contributed by atoms with Gasteiger partial charge in [0.15, 0.2) is 6.04 Å². The fourth-order valence-electron chi connectivity index (χ4n) is 7.58. The van der Waals surface area contributed by atoms with E-state index in [0.717, 1.165) is 29.6 Å². The predicted octanol–water partition coefficient (Wildman–Crippen LogP) is 3.21. The van der Waals surface area contributed by atoms with Crippen LogP contribution in [-0.4, -0.2) is 143 Å². The summed E-state index contributed by atoms with van der Waals surface area (Å²) in [4.78, 5) is 102. The number of nitrogens with two attached hydrogens (primary N) is 1. The lowest BCUT2D eigenvalue weighted by Crippen LogP contribution is -2.56. The molecule has 21 heteroatoms. The van der Waals surface area contributed by atoms with Crippen molar-refractivity contribution in [2.24, 2.45) is 10.7 Å². The lowest BCUT2D eigenvalue weighted by atomic mass is 10.0. The second-order valence-electron chi connectivity index (χ2n) is 16.7. The number of rotatable bonds is 26. The van der Waals surface area contributed by atoms with E-state index >= 15 is 0 Å². The third-order valence-corrected chi connectivity index (χ3v) is 13.3. The summed E-state index contributed by atoms with van der Waals surface area (Å²) in [7, 11) is 3.98. The number of amides is 6. The van der Waals surface area contributed by atoms with Crippen molar-refractivity contribution < 1.29 is 43.4 Å². The first-order valence-electron chi connectivity index (χ1n) is 22.3. The SMILES string of the molecule is CC(=O)NCCCCC(NCC(CCCCN(C)C)NC(=O)C1CCCN1C(=O)C(CCC(N)=O)NC(=O)OCc1ccccc1)C(=O)Nc1ccc2nc(C3=NC(C(=O)O)CS3)sc2c1. The number of carboxylic acid groups (broad SMARTS) is 1. The number of nitrogens with zero attached hydrogens (tertiary/aromatic N) is 4. The molecule has 5 atom stereocenters. The number of carbonyl (C=O) groups is 7. The third-order valence-electron chi connectivity index (χ3n) is 11.1. The zero-order valence-corrected chi connectivity index (χ0v) is 39.3. The number of hydrogen-bond acceptors (Lipinski definition) is 14. The maximum atomic E-state index is 14.2. The van der Waals surface area contributed by atoms with E-state index in [1.54, 1.807) is 24.3 Å². The van der Waals surface area contributed by atoms with Crippen LogP contribution < -0.4 is 32.3 Å². The van der Waals surface area contributed by atoms with E-state index in [2.05, 4.69) is 41.5 Å². The number of primary amides is 1. The number of carbonyl (C=O) groups excluding carboxylic acids is 6. The zero-order valence-electron chi connectivity index (χ0n) is 37.7. The van der Waals surface area contributed by atoms with Gasteiger partial charge in [-0.05, 0) is 95.8 Å². The molecule has 2 aliphatic rings. The number of aliphatic imine (C=N–C) groups is 1. The van der Waals surface area contributed by atoms with Gasteiger partial charge in [0.25, 0.3) is 0 Å². The minimum absolute atomic E-state index is 0.0274. The highest BCUT2D eigenvalue weighted by Gasteiger charge is 2.38. The number of ether oxygens (including phenoxy) is 1. The van der Waals surface area contributed by atoms with Gasteiger partial charge in [0, 0.05) is 50.5 Å². The molecule has 2 aromatic carbocycles. The Morgan fingerprint density at radius 1 is 0.970 bits per heavy atom. The number of alkyl carbamates (subject to hydrolysis) is 1. The third kappa shape index (κ3) is 16.4. The Morgan fingerprint density at radius 3 is 2.45 bits per heavy atom. The lowest BCUT2D eigenvalue weighted by molar-refractivity contribution is -0.140. The molecule has 5 rings (SSSR count). The molecule has 19 nitrogen and oxygen atoms in total. The number of thiazole rings is 1. The highest BCUT2D eigenvalue weighted by molar-refractivity contribution is 8.15. The number of aliphatic carboxylic acids is 1. The number of fused-ring (bicyclic) bond motifs is 1. The molecule has 0 bridgehead atoms. The zero-order chi connectivity index (χ0) is 47.6. The summed E-state index contributed by atoms with van der Waals surface area (Å²) in [5, 5.41) is 25.6. The van der Waals surface area contributed by atoms with E-state index in [1.165, 1.54) is 34.9 Å². The van der Waals surface area contributed by atoms with Crippen LogP contribution in [0.2, 0.25) is 0 Å². The molecule has 3 aromatic rings. The fraction of sp³-hybridized carbons (Fsp3) is 0.533. The number of unbranched alkanes of at least 4 members (excludes halogenated alkanes) is 2. The summed E-state index contributed by atoms with van der Waals surface area (Å²) in [6, 6.07) is 10.5. The Labute approximate surface area is 392 Å². The summed E-state index contributed by atoms with van der Waals surface area (Å²) in [6.45, 7) is 3.23. The molecule has 0 radical (unpaired) electrons. The van der Waals surface area contributed by atoms with Crippen LogP contribution >= 0.6 is 23.1 Å². The van der Waals surface area contributed by atoms with Crippen LogP contribution in [0, 0.1) is 0 Å². The molecule has 3 heterocycles. The molecule has 1 fully saturated rings. The normalized spacial score (nSPS) is 17.2. The van der Waals surface area contributed by atoms with Crippen LogP contribution in [0.25, 0.3) is 10.2 Å².